The van der Waals surface area contributed by atoms with Crippen molar-refractivity contribution in [2.45, 2.75) is 25.5 Å². The highest BCUT2D eigenvalue weighted by atomic mass is 19.1. The third-order valence-corrected chi connectivity index (χ3v) is 3.81. The van der Waals surface area contributed by atoms with E-state index in [2.05, 4.69) is 17.1 Å². The second-order valence-electron chi connectivity index (χ2n) is 5.47. The van der Waals surface area contributed by atoms with Crippen LogP contribution in [0, 0.1) is 5.82 Å². The van der Waals surface area contributed by atoms with E-state index in [0.29, 0.717) is 30.0 Å². The molecule has 0 N–H and O–H groups in total. The van der Waals surface area contributed by atoms with Crippen molar-refractivity contribution in [3.8, 4) is 11.6 Å². The lowest BCUT2D eigenvalue weighted by Gasteiger charge is -2.18. The van der Waals surface area contributed by atoms with E-state index in [1.165, 1.54) is 18.6 Å². The molecule has 1 aliphatic rings. The predicted octanol–water partition coefficient (Wildman–Crippen LogP) is 2.87. The molecule has 0 aliphatic carbocycles. The third kappa shape index (κ3) is 3.76. The summed E-state index contributed by atoms with van der Waals surface area (Å²) < 4.78 is 29.3. The number of likely N-dealkylation sites (tertiary alicyclic amines) is 1. The molecule has 1 aliphatic heterocycles. The van der Waals surface area contributed by atoms with Crippen LogP contribution in [0.1, 0.15) is 18.6 Å². The molecule has 5 nitrogen and oxygen atoms in total. The van der Waals surface area contributed by atoms with Gasteiger partial charge in [0.1, 0.15) is 24.8 Å². The van der Waals surface area contributed by atoms with Crippen LogP contribution in [0.4, 0.5) is 4.39 Å². The topological polar surface area (TPSA) is 47.7 Å². The normalized spacial score (nSPS) is 18.5. The number of hydrogen-bond donors (Lipinski definition) is 0. The van der Waals surface area contributed by atoms with E-state index in [1.807, 2.05) is 0 Å². The molecule has 1 fully saturated rings. The lowest BCUT2D eigenvalue weighted by Crippen LogP contribution is -2.30. The molecule has 0 bridgehead atoms. The average molecular weight is 306 g/mol. The Kier molecular flexibility index (Phi) is 4.58. The van der Waals surface area contributed by atoms with Crippen LogP contribution in [-0.2, 0) is 6.61 Å². The van der Waals surface area contributed by atoms with E-state index in [1.54, 1.807) is 18.2 Å². The first-order valence-electron chi connectivity index (χ1n) is 7.38. The highest BCUT2D eigenvalue weighted by Gasteiger charge is 2.21. The quantitative estimate of drug-likeness (QED) is 0.821. The van der Waals surface area contributed by atoms with Crippen LogP contribution in [0.2, 0.25) is 0 Å². The molecule has 0 radical (unpaired) electrons. The van der Waals surface area contributed by atoms with Gasteiger partial charge in [-0.1, -0.05) is 6.07 Å². The molecule has 1 aromatic heterocycles. The summed E-state index contributed by atoms with van der Waals surface area (Å²) in [6, 6.07) is 8.11. The van der Waals surface area contributed by atoms with Crippen molar-refractivity contribution >= 4 is 0 Å². The first-order valence-corrected chi connectivity index (χ1v) is 7.38. The molecule has 0 unspecified atom stereocenters. The number of halogens is 1. The summed E-state index contributed by atoms with van der Waals surface area (Å²) >= 11 is 0. The Balaban J connectivity index is 1.48. The summed E-state index contributed by atoms with van der Waals surface area (Å²) in [4.78, 5) is 2.29. The number of likely N-dealkylation sites (N-methyl/N-ethyl adjacent to an activating group) is 1. The molecule has 118 valence electrons. The molecule has 0 amide bonds. The van der Waals surface area contributed by atoms with Crippen molar-refractivity contribution in [2.75, 3.05) is 20.2 Å². The van der Waals surface area contributed by atoms with Crippen molar-refractivity contribution in [2.24, 2.45) is 0 Å². The lowest BCUT2D eigenvalue weighted by atomic mass is 10.2. The molecule has 1 atom stereocenters. The maximum absolute atomic E-state index is 13.0. The third-order valence-electron chi connectivity index (χ3n) is 3.81. The zero-order valence-corrected chi connectivity index (χ0v) is 12.5. The first-order chi connectivity index (χ1) is 10.7. The molecule has 2 heterocycles. The summed E-state index contributed by atoms with van der Waals surface area (Å²) in [5, 5.41) is 3.86. The molecule has 2 aromatic rings. The molecule has 0 spiro atoms. The van der Waals surface area contributed by atoms with Gasteiger partial charge < -0.3 is 18.9 Å². The van der Waals surface area contributed by atoms with E-state index >= 15 is 0 Å². The monoisotopic (exact) mass is 306 g/mol. The second-order valence-corrected chi connectivity index (χ2v) is 5.47. The van der Waals surface area contributed by atoms with Gasteiger partial charge in [0.2, 0.25) is 0 Å². The molecule has 0 saturated carbocycles. The van der Waals surface area contributed by atoms with Gasteiger partial charge in [-0.05, 0) is 43.7 Å². The van der Waals surface area contributed by atoms with Crippen LogP contribution in [0.25, 0.3) is 0 Å². The predicted molar refractivity (Wildman–Crippen MR) is 78.4 cm³/mol. The van der Waals surface area contributed by atoms with Crippen molar-refractivity contribution in [1.29, 1.82) is 0 Å². The SMILES string of the molecule is CN1CCC[C@H]1COc1cc(COc2cccc(F)c2)on1. The van der Waals surface area contributed by atoms with Gasteiger partial charge in [0, 0.05) is 18.2 Å². The Bertz CT molecular complexity index is 617. The van der Waals surface area contributed by atoms with Crippen LogP contribution in [-0.4, -0.2) is 36.3 Å². The second kappa shape index (κ2) is 6.79. The summed E-state index contributed by atoms with van der Waals surface area (Å²) in [5.41, 5.74) is 0. The van der Waals surface area contributed by atoms with Gasteiger partial charge in [-0.2, -0.15) is 0 Å². The number of hydrogen-bond acceptors (Lipinski definition) is 5. The first kappa shape index (κ1) is 14.8. The zero-order valence-electron chi connectivity index (χ0n) is 12.5. The summed E-state index contributed by atoms with van der Waals surface area (Å²) in [5.74, 6) is 1.11. The van der Waals surface area contributed by atoms with E-state index in [4.69, 9.17) is 14.0 Å². The van der Waals surface area contributed by atoms with Crippen LogP contribution in [0.3, 0.4) is 0 Å². The van der Waals surface area contributed by atoms with Crippen molar-refractivity contribution < 1.29 is 18.4 Å². The van der Waals surface area contributed by atoms with Gasteiger partial charge in [0.25, 0.3) is 5.88 Å². The number of nitrogens with zero attached hydrogens (tertiary/aromatic N) is 2. The standard InChI is InChI=1S/C16H19FN2O3/c1-19-7-3-5-13(19)10-21-16-9-15(22-18-16)11-20-14-6-2-4-12(17)8-14/h2,4,6,8-9,13H,3,5,7,10-11H2,1H3/t13-/m0/s1. The number of benzene rings is 1. The van der Waals surface area contributed by atoms with Crippen LogP contribution in [0.5, 0.6) is 11.6 Å². The van der Waals surface area contributed by atoms with Crippen LogP contribution >= 0.6 is 0 Å². The number of rotatable bonds is 6. The Morgan fingerprint density at radius 3 is 3.05 bits per heavy atom. The van der Waals surface area contributed by atoms with Gasteiger partial charge in [0.15, 0.2) is 5.76 Å². The minimum Gasteiger partial charge on any atom is -0.485 e. The minimum absolute atomic E-state index is 0.184. The molecule has 22 heavy (non-hydrogen) atoms. The van der Waals surface area contributed by atoms with E-state index < -0.39 is 0 Å². The smallest absolute Gasteiger partial charge is 0.254 e. The highest BCUT2D eigenvalue weighted by molar-refractivity contribution is 5.22. The van der Waals surface area contributed by atoms with Crippen LogP contribution < -0.4 is 9.47 Å². The van der Waals surface area contributed by atoms with E-state index in [-0.39, 0.29) is 12.4 Å². The van der Waals surface area contributed by atoms with Gasteiger partial charge >= 0.3 is 0 Å². The van der Waals surface area contributed by atoms with Crippen molar-refractivity contribution in [1.82, 2.24) is 10.1 Å². The summed E-state index contributed by atoms with van der Waals surface area (Å²) in [7, 11) is 2.10. The number of ether oxygens (including phenoxy) is 2. The molecule has 3 rings (SSSR count). The Hall–Kier alpha value is -2.08. The fourth-order valence-electron chi connectivity index (χ4n) is 2.51. The van der Waals surface area contributed by atoms with Gasteiger partial charge in [0.05, 0.1) is 0 Å². The molecule has 1 aromatic carbocycles. The zero-order chi connectivity index (χ0) is 15.4. The van der Waals surface area contributed by atoms with Crippen LogP contribution in [0.15, 0.2) is 34.9 Å². The fraction of sp³-hybridized carbons (Fsp3) is 0.438. The van der Waals surface area contributed by atoms with Crippen molar-refractivity contribution in [3.63, 3.8) is 0 Å². The number of aromatic nitrogens is 1. The molecule has 6 heteroatoms. The van der Waals surface area contributed by atoms with Crippen molar-refractivity contribution in [3.05, 3.63) is 41.9 Å². The van der Waals surface area contributed by atoms with Gasteiger partial charge in [-0.15, -0.1) is 0 Å². The maximum atomic E-state index is 13.0. The van der Waals surface area contributed by atoms with Gasteiger partial charge in [-0.3, -0.25) is 0 Å². The lowest BCUT2D eigenvalue weighted by molar-refractivity contribution is 0.184. The Labute approximate surface area is 128 Å². The van der Waals surface area contributed by atoms with Gasteiger partial charge in [-0.25, -0.2) is 4.39 Å². The molecular weight excluding hydrogens is 287 g/mol. The van der Waals surface area contributed by atoms with E-state index in [9.17, 15) is 4.39 Å². The fourth-order valence-corrected chi connectivity index (χ4v) is 2.51. The average Bonchev–Trinajstić information content (AvgIpc) is 3.12. The van der Waals surface area contributed by atoms with E-state index in [0.717, 1.165) is 13.0 Å². The minimum atomic E-state index is -0.334. The Morgan fingerprint density at radius 2 is 2.27 bits per heavy atom. The highest BCUT2D eigenvalue weighted by Crippen LogP contribution is 2.19. The molecular formula is C16H19FN2O3. The largest absolute Gasteiger partial charge is 0.485 e. The summed E-state index contributed by atoms with van der Waals surface area (Å²) in [6.07, 6.45) is 2.35. The summed E-state index contributed by atoms with van der Waals surface area (Å²) in [6.45, 7) is 1.90. The Morgan fingerprint density at radius 1 is 1.36 bits per heavy atom. The maximum Gasteiger partial charge on any atom is 0.254 e. The molecule has 1 saturated heterocycles.